The molecule has 0 aliphatic rings. The fraction of sp³-hybridized carbons (Fsp3) is 0.0455. The van der Waals surface area contributed by atoms with Crippen molar-refractivity contribution in [3.05, 3.63) is 89.5 Å². The Kier molecular flexibility index (Phi) is 5.96. The van der Waals surface area contributed by atoms with Gasteiger partial charge in [0.05, 0.1) is 11.4 Å². The maximum absolute atomic E-state index is 14.7. The van der Waals surface area contributed by atoms with Gasteiger partial charge in [0.25, 0.3) is 5.91 Å². The maximum Gasteiger partial charge on any atom is 0.274 e. The van der Waals surface area contributed by atoms with E-state index in [4.69, 9.17) is 5.41 Å². The number of halogens is 3. The second-order valence-corrected chi connectivity index (χ2v) is 6.31. The summed E-state index contributed by atoms with van der Waals surface area (Å²) in [5, 5.41) is 13.5. The summed E-state index contributed by atoms with van der Waals surface area (Å²) in [5.74, 6) is -2.78. The third kappa shape index (κ3) is 4.07. The minimum absolute atomic E-state index is 0.00431. The predicted molar refractivity (Wildman–Crippen MR) is 110 cm³/mol. The Labute approximate surface area is 170 Å². The number of hydrogen-bond acceptors (Lipinski definition) is 3. The number of fused-ring (bicyclic) bond motifs is 1. The van der Waals surface area contributed by atoms with Crippen LogP contribution in [0.3, 0.4) is 0 Å². The van der Waals surface area contributed by atoms with E-state index in [1.807, 2.05) is 12.1 Å². The van der Waals surface area contributed by atoms with Crippen LogP contribution in [0, 0.1) is 29.8 Å². The van der Waals surface area contributed by atoms with Gasteiger partial charge in [-0.1, -0.05) is 24.3 Å². The summed E-state index contributed by atoms with van der Waals surface area (Å²) in [6.45, 7) is 4.15. The lowest BCUT2D eigenvalue weighted by atomic mass is 10.1. The van der Waals surface area contributed by atoms with Gasteiger partial charge in [-0.15, -0.1) is 0 Å². The van der Waals surface area contributed by atoms with Crippen LogP contribution >= 0.6 is 0 Å². The number of nitrogens with one attached hydrogen (secondary N) is 2. The number of rotatable bonds is 3. The molecule has 5 nitrogen and oxygen atoms in total. The molecule has 152 valence electrons. The van der Waals surface area contributed by atoms with Crippen LogP contribution in [-0.2, 0) is 0 Å². The van der Waals surface area contributed by atoms with E-state index in [1.165, 1.54) is 12.1 Å². The fourth-order valence-electron chi connectivity index (χ4n) is 2.99. The van der Waals surface area contributed by atoms with E-state index in [0.29, 0.717) is 11.1 Å². The van der Waals surface area contributed by atoms with Gasteiger partial charge in [-0.25, -0.2) is 17.9 Å². The lowest BCUT2D eigenvalue weighted by Crippen LogP contribution is -2.18. The van der Waals surface area contributed by atoms with Gasteiger partial charge in [0.2, 0.25) is 0 Å². The van der Waals surface area contributed by atoms with Crippen molar-refractivity contribution in [1.29, 1.82) is 5.41 Å². The molecule has 3 aromatic carbocycles. The minimum atomic E-state index is -0.783. The summed E-state index contributed by atoms with van der Waals surface area (Å²) in [6, 6.07) is 14.3. The van der Waals surface area contributed by atoms with Gasteiger partial charge < -0.3 is 10.7 Å². The highest BCUT2D eigenvalue weighted by molar-refractivity contribution is 6.03. The Bertz CT molecular complexity index is 1240. The molecule has 4 rings (SSSR count). The first-order valence-electron chi connectivity index (χ1n) is 8.79. The maximum atomic E-state index is 14.7. The van der Waals surface area contributed by atoms with Crippen LogP contribution in [0.4, 0.5) is 18.9 Å². The summed E-state index contributed by atoms with van der Waals surface area (Å²) < 4.78 is 43.1. The highest BCUT2D eigenvalue weighted by Crippen LogP contribution is 2.24. The molecule has 0 saturated carbocycles. The number of aryl methyl sites for hydroxylation is 1. The Morgan fingerprint density at radius 1 is 0.967 bits per heavy atom. The van der Waals surface area contributed by atoms with E-state index < -0.39 is 23.4 Å². The van der Waals surface area contributed by atoms with E-state index >= 15 is 0 Å². The number of nitrogens with zero attached hydrogens (tertiary/aromatic N) is 2. The van der Waals surface area contributed by atoms with E-state index in [1.54, 1.807) is 25.1 Å². The number of aromatic nitrogens is 2. The van der Waals surface area contributed by atoms with Gasteiger partial charge in [0.15, 0.2) is 0 Å². The molecule has 1 amide bonds. The summed E-state index contributed by atoms with van der Waals surface area (Å²) in [4.78, 5) is 12.7. The second-order valence-electron chi connectivity index (χ2n) is 6.31. The molecule has 30 heavy (non-hydrogen) atoms. The molecule has 0 saturated heterocycles. The SMILES string of the molecule is C=N.Cc1cc(C(=O)Nc2cc(F)ccc2F)n(-c2cc3ccccc3cc2F)n1. The molecule has 0 aliphatic carbocycles. The molecule has 0 spiro atoms. The average molecular weight is 410 g/mol. The number of hydrogen-bond donors (Lipinski definition) is 2. The first-order chi connectivity index (χ1) is 14.4. The van der Waals surface area contributed by atoms with Gasteiger partial charge in [-0.3, -0.25) is 4.79 Å². The minimum Gasteiger partial charge on any atom is -0.318 e. The predicted octanol–water partition coefficient (Wildman–Crippen LogP) is 5.27. The highest BCUT2D eigenvalue weighted by atomic mass is 19.1. The molecule has 2 N–H and O–H groups in total. The Balaban J connectivity index is 0.00000124. The van der Waals surface area contributed by atoms with Gasteiger partial charge in [0, 0.05) is 6.07 Å². The van der Waals surface area contributed by atoms with Crippen molar-refractivity contribution in [2.75, 3.05) is 5.32 Å². The quantitative estimate of drug-likeness (QED) is 0.452. The van der Waals surface area contributed by atoms with Crippen molar-refractivity contribution < 1.29 is 18.0 Å². The van der Waals surface area contributed by atoms with Crippen LogP contribution in [0.25, 0.3) is 16.5 Å². The molecule has 1 heterocycles. The molecule has 0 bridgehead atoms. The number of amides is 1. The van der Waals surface area contributed by atoms with Gasteiger partial charge >= 0.3 is 0 Å². The summed E-state index contributed by atoms with van der Waals surface area (Å²) in [5.41, 5.74) is 0.235. The standard InChI is InChI=1S/C21H14F3N3O.CH3N/c1-12-8-20(21(28)25-18-11-15(22)6-7-16(18)23)27(26-12)19-10-14-5-3-2-4-13(14)9-17(19)24;1-2/h2-11H,1H3,(H,25,28);2H,1H2. The van der Waals surface area contributed by atoms with Gasteiger partial charge in [-0.05, 0) is 54.7 Å². The Morgan fingerprint density at radius 3 is 2.33 bits per heavy atom. The van der Waals surface area contributed by atoms with Crippen LogP contribution in [-0.4, -0.2) is 22.4 Å². The molecule has 1 aromatic heterocycles. The molecule has 0 unspecified atom stereocenters. The van der Waals surface area contributed by atoms with E-state index in [-0.39, 0.29) is 17.1 Å². The Hall–Kier alpha value is -3.94. The van der Waals surface area contributed by atoms with Crippen molar-refractivity contribution in [2.45, 2.75) is 6.92 Å². The zero-order valence-electron chi connectivity index (χ0n) is 15.9. The molecule has 0 atom stereocenters. The topological polar surface area (TPSA) is 70.8 Å². The lowest BCUT2D eigenvalue weighted by molar-refractivity contribution is 0.101. The van der Waals surface area contributed by atoms with E-state index in [0.717, 1.165) is 28.3 Å². The zero-order chi connectivity index (χ0) is 21.8. The molecule has 0 aliphatic heterocycles. The first-order valence-corrected chi connectivity index (χ1v) is 8.79. The molecule has 8 heteroatoms. The van der Waals surface area contributed by atoms with Crippen molar-refractivity contribution >= 4 is 29.1 Å². The number of carbonyl (C=O) groups excluding carboxylic acids is 1. The molecule has 4 aromatic rings. The molecule has 0 fully saturated rings. The smallest absolute Gasteiger partial charge is 0.274 e. The highest BCUT2D eigenvalue weighted by Gasteiger charge is 2.19. The van der Waals surface area contributed by atoms with Crippen LogP contribution in [0.1, 0.15) is 16.2 Å². The first kappa shape index (κ1) is 20.8. The second kappa shape index (κ2) is 8.60. The average Bonchev–Trinajstić information content (AvgIpc) is 3.13. The molecular formula is C22H17F3N4O. The van der Waals surface area contributed by atoms with Gasteiger partial charge in [-0.2, -0.15) is 5.10 Å². The van der Waals surface area contributed by atoms with Gasteiger partial charge in [0.1, 0.15) is 28.8 Å². The third-order valence-corrected chi connectivity index (χ3v) is 4.28. The summed E-state index contributed by atoms with van der Waals surface area (Å²) in [6.07, 6.45) is 0. The van der Waals surface area contributed by atoms with Crippen LogP contribution < -0.4 is 5.32 Å². The third-order valence-electron chi connectivity index (χ3n) is 4.28. The van der Waals surface area contributed by atoms with E-state index in [9.17, 15) is 18.0 Å². The lowest BCUT2D eigenvalue weighted by Gasteiger charge is -2.11. The van der Waals surface area contributed by atoms with Crippen molar-refractivity contribution in [2.24, 2.45) is 0 Å². The van der Waals surface area contributed by atoms with Crippen LogP contribution in [0.15, 0.2) is 60.7 Å². The van der Waals surface area contributed by atoms with Crippen LogP contribution in [0.5, 0.6) is 0 Å². The van der Waals surface area contributed by atoms with Crippen LogP contribution in [0.2, 0.25) is 0 Å². The summed E-state index contributed by atoms with van der Waals surface area (Å²) >= 11 is 0. The van der Waals surface area contributed by atoms with Crippen molar-refractivity contribution in [1.82, 2.24) is 9.78 Å². The fourth-order valence-corrected chi connectivity index (χ4v) is 2.99. The molecule has 0 radical (unpaired) electrons. The van der Waals surface area contributed by atoms with E-state index in [2.05, 4.69) is 17.1 Å². The normalized spacial score (nSPS) is 10.4. The monoisotopic (exact) mass is 410 g/mol. The van der Waals surface area contributed by atoms with Crippen molar-refractivity contribution in [3.63, 3.8) is 0 Å². The number of carbonyl (C=O) groups is 1. The number of benzene rings is 3. The largest absolute Gasteiger partial charge is 0.318 e. The Morgan fingerprint density at radius 2 is 1.63 bits per heavy atom. The number of anilines is 1. The van der Waals surface area contributed by atoms with Crippen molar-refractivity contribution in [3.8, 4) is 5.69 Å². The molecular weight excluding hydrogens is 393 g/mol. The zero-order valence-corrected chi connectivity index (χ0v) is 15.9. The summed E-state index contributed by atoms with van der Waals surface area (Å²) in [7, 11) is 0.